The van der Waals surface area contributed by atoms with Crippen molar-refractivity contribution in [1.29, 1.82) is 0 Å². The van der Waals surface area contributed by atoms with E-state index in [4.69, 9.17) is 6.42 Å². The van der Waals surface area contributed by atoms with Crippen molar-refractivity contribution in [2.75, 3.05) is 13.6 Å². The van der Waals surface area contributed by atoms with Crippen LogP contribution in [-0.4, -0.2) is 24.5 Å². The second-order valence-corrected chi connectivity index (χ2v) is 5.05. The van der Waals surface area contributed by atoms with Gasteiger partial charge >= 0.3 is 0 Å². The van der Waals surface area contributed by atoms with Crippen LogP contribution >= 0.6 is 0 Å². The molecule has 2 aliphatic rings. The Kier molecular flexibility index (Phi) is 3.13. The van der Waals surface area contributed by atoms with Crippen LogP contribution in [-0.2, 0) is 0 Å². The molecule has 0 aliphatic heterocycles. The molecule has 0 bridgehead atoms. The van der Waals surface area contributed by atoms with Gasteiger partial charge in [0.2, 0.25) is 0 Å². The quantitative estimate of drug-likeness (QED) is 0.606. The van der Waals surface area contributed by atoms with E-state index in [1.165, 1.54) is 38.5 Å². The molecule has 0 amide bonds. The van der Waals surface area contributed by atoms with E-state index in [1.54, 1.807) is 0 Å². The van der Waals surface area contributed by atoms with Gasteiger partial charge in [-0.05, 0) is 31.7 Å². The zero-order chi connectivity index (χ0) is 9.97. The minimum absolute atomic E-state index is 0.777. The third-order valence-electron chi connectivity index (χ3n) is 4.18. The van der Waals surface area contributed by atoms with E-state index in [1.807, 2.05) is 0 Å². The monoisotopic (exact) mass is 191 g/mol. The molecule has 0 saturated heterocycles. The van der Waals surface area contributed by atoms with Gasteiger partial charge < -0.3 is 0 Å². The second kappa shape index (κ2) is 4.36. The summed E-state index contributed by atoms with van der Waals surface area (Å²) in [5.74, 6) is 4.80. The van der Waals surface area contributed by atoms with Gasteiger partial charge in [0.1, 0.15) is 0 Å². The number of hydrogen-bond acceptors (Lipinski definition) is 1. The van der Waals surface area contributed by atoms with E-state index in [0.29, 0.717) is 0 Å². The Bertz CT molecular complexity index is 214. The van der Waals surface area contributed by atoms with Crippen molar-refractivity contribution in [1.82, 2.24) is 4.90 Å². The van der Waals surface area contributed by atoms with E-state index in [0.717, 1.165) is 24.4 Å². The zero-order valence-corrected chi connectivity index (χ0v) is 9.21. The summed E-state index contributed by atoms with van der Waals surface area (Å²) in [6, 6.07) is 0.777. The molecule has 78 valence electrons. The number of rotatable bonds is 2. The Labute approximate surface area is 87.9 Å². The van der Waals surface area contributed by atoms with Crippen LogP contribution in [0.4, 0.5) is 0 Å². The first-order valence-electron chi connectivity index (χ1n) is 5.95. The van der Waals surface area contributed by atoms with E-state index in [2.05, 4.69) is 17.9 Å². The lowest BCUT2D eigenvalue weighted by Gasteiger charge is -2.24. The van der Waals surface area contributed by atoms with Crippen LogP contribution in [0.15, 0.2) is 0 Å². The number of terminal acetylenes is 1. The molecule has 2 atom stereocenters. The molecule has 0 aromatic carbocycles. The third-order valence-corrected chi connectivity index (χ3v) is 4.18. The summed E-state index contributed by atoms with van der Waals surface area (Å²) < 4.78 is 0. The Morgan fingerprint density at radius 2 is 1.79 bits per heavy atom. The molecule has 0 heterocycles. The van der Waals surface area contributed by atoms with Gasteiger partial charge in [-0.15, -0.1) is 6.42 Å². The van der Waals surface area contributed by atoms with E-state index in [-0.39, 0.29) is 0 Å². The van der Waals surface area contributed by atoms with Gasteiger partial charge in [0.25, 0.3) is 0 Å². The summed E-state index contributed by atoms with van der Waals surface area (Å²) in [7, 11) is 2.18. The van der Waals surface area contributed by atoms with Gasteiger partial charge in [0.05, 0.1) is 6.54 Å². The summed E-state index contributed by atoms with van der Waals surface area (Å²) in [6.07, 6.45) is 14.0. The molecule has 0 aromatic rings. The van der Waals surface area contributed by atoms with Crippen LogP contribution in [0.2, 0.25) is 0 Å². The molecular weight excluding hydrogens is 170 g/mol. The summed E-state index contributed by atoms with van der Waals surface area (Å²) in [6.45, 7) is 0.824. The third kappa shape index (κ3) is 1.96. The Hall–Kier alpha value is -0.480. The van der Waals surface area contributed by atoms with Crippen molar-refractivity contribution >= 4 is 0 Å². The Balaban J connectivity index is 1.89. The highest BCUT2D eigenvalue weighted by atomic mass is 15.1. The van der Waals surface area contributed by atoms with Gasteiger partial charge in [-0.3, -0.25) is 4.90 Å². The lowest BCUT2D eigenvalue weighted by Crippen LogP contribution is -2.29. The molecule has 2 rings (SSSR count). The van der Waals surface area contributed by atoms with Crippen molar-refractivity contribution < 1.29 is 0 Å². The maximum absolute atomic E-state index is 5.35. The fourth-order valence-electron chi connectivity index (χ4n) is 3.33. The summed E-state index contributed by atoms with van der Waals surface area (Å²) in [4.78, 5) is 2.37. The first-order chi connectivity index (χ1) is 6.81. The second-order valence-electron chi connectivity index (χ2n) is 5.05. The van der Waals surface area contributed by atoms with E-state index in [9.17, 15) is 0 Å². The number of nitrogens with zero attached hydrogens (tertiary/aromatic N) is 1. The van der Waals surface area contributed by atoms with Crippen molar-refractivity contribution in [3.8, 4) is 12.3 Å². The van der Waals surface area contributed by atoms with E-state index < -0.39 is 0 Å². The van der Waals surface area contributed by atoms with Crippen molar-refractivity contribution in [2.45, 2.75) is 44.6 Å². The molecule has 14 heavy (non-hydrogen) atoms. The summed E-state index contributed by atoms with van der Waals surface area (Å²) >= 11 is 0. The first-order valence-corrected chi connectivity index (χ1v) is 5.95. The lowest BCUT2D eigenvalue weighted by atomic mass is 9.82. The maximum atomic E-state index is 5.35. The number of fused-ring (bicyclic) bond motifs is 1. The van der Waals surface area contributed by atoms with Gasteiger partial charge in [-0.1, -0.05) is 31.6 Å². The van der Waals surface area contributed by atoms with Gasteiger partial charge in [-0.25, -0.2) is 0 Å². The van der Waals surface area contributed by atoms with Crippen molar-refractivity contribution in [2.24, 2.45) is 11.8 Å². The Morgan fingerprint density at radius 1 is 1.21 bits per heavy atom. The van der Waals surface area contributed by atoms with Crippen LogP contribution in [0.5, 0.6) is 0 Å². The van der Waals surface area contributed by atoms with Crippen LogP contribution in [0, 0.1) is 24.2 Å². The molecular formula is C13H21N. The fourth-order valence-corrected chi connectivity index (χ4v) is 3.33. The lowest BCUT2D eigenvalue weighted by molar-refractivity contribution is 0.266. The largest absolute Gasteiger partial charge is 0.292 e. The fraction of sp³-hybridized carbons (Fsp3) is 0.846. The standard InChI is InChI=1S/C13H21N/c1-3-8-14(2)13-9-11-6-4-5-7-12(11)10-13/h1,11-13H,4-10H2,2H3. The van der Waals surface area contributed by atoms with Gasteiger partial charge in [0, 0.05) is 6.04 Å². The molecule has 0 N–H and O–H groups in total. The maximum Gasteiger partial charge on any atom is 0.0598 e. The molecule has 2 aliphatic carbocycles. The molecule has 2 fully saturated rings. The van der Waals surface area contributed by atoms with Crippen LogP contribution in [0.1, 0.15) is 38.5 Å². The topological polar surface area (TPSA) is 3.24 Å². The minimum Gasteiger partial charge on any atom is -0.292 e. The molecule has 0 aromatic heterocycles. The highest BCUT2D eigenvalue weighted by Gasteiger charge is 2.36. The molecule has 0 spiro atoms. The average molecular weight is 191 g/mol. The van der Waals surface area contributed by atoms with Crippen LogP contribution < -0.4 is 0 Å². The minimum atomic E-state index is 0.777. The average Bonchev–Trinajstić information content (AvgIpc) is 2.61. The highest BCUT2D eigenvalue weighted by molar-refractivity contribution is 4.94. The molecule has 1 nitrogen and oxygen atoms in total. The molecule has 2 saturated carbocycles. The van der Waals surface area contributed by atoms with Crippen molar-refractivity contribution in [3.05, 3.63) is 0 Å². The van der Waals surface area contributed by atoms with E-state index >= 15 is 0 Å². The smallest absolute Gasteiger partial charge is 0.0598 e. The molecule has 0 radical (unpaired) electrons. The molecule has 1 heteroatoms. The number of hydrogen-bond donors (Lipinski definition) is 0. The van der Waals surface area contributed by atoms with Gasteiger partial charge in [0.15, 0.2) is 0 Å². The Morgan fingerprint density at radius 3 is 2.29 bits per heavy atom. The predicted molar refractivity (Wildman–Crippen MR) is 59.9 cm³/mol. The van der Waals surface area contributed by atoms with Crippen LogP contribution in [0.25, 0.3) is 0 Å². The first kappa shape index (κ1) is 10.1. The molecule has 2 unspecified atom stereocenters. The SMILES string of the molecule is C#CCN(C)C1CC2CCCCC2C1. The summed E-state index contributed by atoms with van der Waals surface area (Å²) in [5.41, 5.74) is 0. The van der Waals surface area contributed by atoms with Crippen molar-refractivity contribution in [3.63, 3.8) is 0 Å². The normalized spacial score (nSPS) is 36.8. The van der Waals surface area contributed by atoms with Gasteiger partial charge in [-0.2, -0.15) is 0 Å². The predicted octanol–water partition coefficient (Wildman–Crippen LogP) is 2.52. The van der Waals surface area contributed by atoms with Crippen LogP contribution in [0.3, 0.4) is 0 Å². The summed E-state index contributed by atoms with van der Waals surface area (Å²) in [5, 5.41) is 0. The zero-order valence-electron chi connectivity index (χ0n) is 9.21. The highest BCUT2D eigenvalue weighted by Crippen LogP contribution is 2.43.